The predicted molar refractivity (Wildman–Crippen MR) is 125 cm³/mol. The molecular weight excluding hydrogens is 482 g/mol. The highest BCUT2D eigenvalue weighted by molar-refractivity contribution is 7.89. The van der Waals surface area contributed by atoms with E-state index in [1.54, 1.807) is 12.1 Å². The number of carbonyl (C=O) groups is 1. The third-order valence-electron chi connectivity index (χ3n) is 5.57. The van der Waals surface area contributed by atoms with Gasteiger partial charge in [0.15, 0.2) is 0 Å². The number of rotatable bonds is 6. The van der Waals surface area contributed by atoms with Crippen LogP contribution in [-0.2, 0) is 14.8 Å². The molecule has 4 aromatic rings. The molecule has 34 heavy (non-hydrogen) atoms. The van der Waals surface area contributed by atoms with Crippen LogP contribution in [-0.4, -0.2) is 66.0 Å². The lowest BCUT2D eigenvalue weighted by Gasteiger charge is -2.32. The lowest BCUT2D eigenvalue weighted by molar-refractivity contribution is -0.0254. The van der Waals surface area contributed by atoms with Gasteiger partial charge in [-0.3, -0.25) is 4.79 Å². The zero-order valence-electron chi connectivity index (χ0n) is 17.8. The van der Waals surface area contributed by atoms with E-state index in [1.807, 2.05) is 24.3 Å². The number of para-hydroxylation sites is 1. The number of fused-ring (bicyclic) bond motifs is 2. The van der Waals surface area contributed by atoms with Crippen LogP contribution < -0.4 is 10.5 Å². The zero-order valence-corrected chi connectivity index (χ0v) is 19.3. The van der Waals surface area contributed by atoms with E-state index in [1.165, 1.54) is 16.7 Å². The molecule has 0 radical (unpaired) electrons. The highest BCUT2D eigenvalue weighted by atomic mass is 35.5. The quantitative estimate of drug-likeness (QED) is 0.413. The Morgan fingerprint density at radius 3 is 2.88 bits per heavy atom. The van der Waals surface area contributed by atoms with Crippen molar-refractivity contribution in [2.75, 3.05) is 26.3 Å². The lowest BCUT2D eigenvalue weighted by atomic mass is 10.2. The monoisotopic (exact) mass is 501 g/mol. The Labute approximate surface area is 199 Å². The topological polar surface area (TPSA) is 140 Å². The van der Waals surface area contributed by atoms with Gasteiger partial charge in [-0.2, -0.15) is 4.31 Å². The van der Waals surface area contributed by atoms with Crippen LogP contribution in [0.25, 0.3) is 21.8 Å². The van der Waals surface area contributed by atoms with Crippen LogP contribution in [0.1, 0.15) is 10.5 Å². The Balaban J connectivity index is 1.41. The number of aromatic nitrogens is 3. The van der Waals surface area contributed by atoms with Crippen molar-refractivity contribution in [2.24, 2.45) is 5.73 Å². The zero-order chi connectivity index (χ0) is 23.9. The molecule has 1 unspecified atom stereocenters. The van der Waals surface area contributed by atoms with E-state index in [9.17, 15) is 13.2 Å². The molecule has 1 saturated heterocycles. The van der Waals surface area contributed by atoms with Crippen LogP contribution in [0.3, 0.4) is 0 Å². The second-order valence-electron chi connectivity index (χ2n) is 7.75. The van der Waals surface area contributed by atoms with Gasteiger partial charge in [0.25, 0.3) is 5.91 Å². The largest absolute Gasteiger partial charge is 0.474 e. The number of H-pyrrole nitrogens is 1. The fourth-order valence-corrected chi connectivity index (χ4v) is 5.95. The van der Waals surface area contributed by atoms with E-state index in [4.69, 9.17) is 26.8 Å². The Morgan fingerprint density at radius 1 is 1.24 bits per heavy atom. The number of benzene rings is 2. The summed E-state index contributed by atoms with van der Waals surface area (Å²) in [4.78, 5) is 23.1. The summed E-state index contributed by atoms with van der Waals surface area (Å²) in [6, 6.07) is 12.1. The number of hydrogen-bond acceptors (Lipinski definition) is 7. The van der Waals surface area contributed by atoms with E-state index in [0.717, 1.165) is 10.9 Å². The fourth-order valence-electron chi connectivity index (χ4n) is 3.99. The maximum atomic E-state index is 13.6. The summed E-state index contributed by atoms with van der Waals surface area (Å²) >= 11 is 6.09. The second kappa shape index (κ2) is 8.84. The van der Waals surface area contributed by atoms with Crippen molar-refractivity contribution in [2.45, 2.75) is 11.0 Å². The normalized spacial score (nSPS) is 17.3. The minimum atomic E-state index is -4.11. The van der Waals surface area contributed by atoms with Crippen molar-refractivity contribution in [1.82, 2.24) is 19.3 Å². The molecule has 1 amide bonds. The van der Waals surface area contributed by atoms with Gasteiger partial charge in [0.2, 0.25) is 15.9 Å². The van der Waals surface area contributed by atoms with E-state index >= 15 is 0 Å². The number of primary amides is 1. The van der Waals surface area contributed by atoms with Crippen molar-refractivity contribution in [3.05, 3.63) is 59.5 Å². The van der Waals surface area contributed by atoms with Crippen molar-refractivity contribution >= 4 is 49.3 Å². The summed E-state index contributed by atoms with van der Waals surface area (Å²) in [6.45, 7) is 0.375. The van der Waals surface area contributed by atoms with Crippen molar-refractivity contribution < 1.29 is 22.7 Å². The highest BCUT2D eigenvalue weighted by Crippen LogP contribution is 2.32. The van der Waals surface area contributed by atoms with E-state index in [0.29, 0.717) is 21.8 Å². The second-order valence-corrected chi connectivity index (χ2v) is 10.1. The van der Waals surface area contributed by atoms with Crippen LogP contribution in [0.4, 0.5) is 0 Å². The Hall–Kier alpha value is -3.25. The molecule has 1 aliphatic heterocycles. The number of morpholine rings is 1. The molecule has 5 rings (SSSR count). The number of nitrogens with two attached hydrogens (primary N) is 1. The van der Waals surface area contributed by atoms with Gasteiger partial charge in [-0.05, 0) is 30.3 Å². The molecule has 0 spiro atoms. The van der Waals surface area contributed by atoms with Crippen LogP contribution in [0.15, 0.2) is 53.7 Å². The number of aromatic amines is 1. The molecule has 3 N–H and O–H groups in total. The van der Waals surface area contributed by atoms with Crippen molar-refractivity contribution in [3.63, 3.8) is 0 Å². The van der Waals surface area contributed by atoms with Gasteiger partial charge >= 0.3 is 0 Å². The van der Waals surface area contributed by atoms with Crippen LogP contribution >= 0.6 is 11.6 Å². The summed E-state index contributed by atoms with van der Waals surface area (Å²) in [6.07, 6.45) is 0.854. The van der Waals surface area contributed by atoms with Gasteiger partial charge in [-0.15, -0.1) is 0 Å². The van der Waals surface area contributed by atoms with E-state index < -0.39 is 22.0 Å². The molecule has 1 fully saturated rings. The molecule has 10 nitrogen and oxygen atoms in total. The van der Waals surface area contributed by atoms with Crippen LogP contribution in [0.5, 0.6) is 5.88 Å². The standard InChI is InChI=1S/C22H20ClN5O5S/c23-13-5-6-18-16(9-13)20(19(27-18)21(24)29)34(30,31)28-7-8-32-14(10-28)11-33-22-15-3-1-2-4-17(15)25-12-26-22/h1-6,9,12,14,27H,7-8,10-11H2,(H2,24,29). The molecule has 0 aliphatic carbocycles. The number of nitrogens with zero attached hydrogens (tertiary/aromatic N) is 3. The summed E-state index contributed by atoms with van der Waals surface area (Å²) in [7, 11) is -4.11. The minimum Gasteiger partial charge on any atom is -0.474 e. The van der Waals surface area contributed by atoms with Gasteiger partial charge in [-0.25, -0.2) is 18.4 Å². The summed E-state index contributed by atoms with van der Waals surface area (Å²) in [5.41, 5.74) is 6.47. The summed E-state index contributed by atoms with van der Waals surface area (Å²) in [5, 5.41) is 1.38. The maximum Gasteiger partial charge on any atom is 0.266 e. The average Bonchev–Trinajstić information content (AvgIpc) is 3.23. The molecular formula is C22H20ClN5O5S. The third kappa shape index (κ3) is 4.07. The SMILES string of the molecule is NC(=O)c1[nH]c2ccc(Cl)cc2c1S(=O)(=O)N1CCOC(COc2ncnc3ccccc23)C1. The van der Waals surface area contributed by atoms with Crippen LogP contribution in [0, 0.1) is 0 Å². The number of halogens is 1. The smallest absolute Gasteiger partial charge is 0.266 e. The first-order chi connectivity index (χ1) is 16.3. The first-order valence-electron chi connectivity index (χ1n) is 10.4. The first kappa shape index (κ1) is 22.5. The number of nitrogens with one attached hydrogen (secondary N) is 1. The van der Waals surface area contributed by atoms with Gasteiger partial charge in [0.1, 0.15) is 29.6 Å². The molecule has 3 heterocycles. The first-order valence-corrected chi connectivity index (χ1v) is 12.2. The van der Waals surface area contributed by atoms with Gasteiger partial charge in [-0.1, -0.05) is 23.7 Å². The molecule has 2 aromatic carbocycles. The molecule has 1 atom stereocenters. The van der Waals surface area contributed by atoms with Crippen molar-refractivity contribution in [3.8, 4) is 5.88 Å². The molecule has 2 aromatic heterocycles. The number of hydrogen-bond donors (Lipinski definition) is 2. The number of ether oxygens (including phenoxy) is 2. The number of amides is 1. The molecule has 12 heteroatoms. The van der Waals surface area contributed by atoms with Crippen LogP contribution in [0.2, 0.25) is 5.02 Å². The summed E-state index contributed by atoms with van der Waals surface area (Å²) in [5.74, 6) is -0.494. The number of sulfonamides is 1. The van der Waals surface area contributed by atoms with E-state index in [2.05, 4.69) is 15.0 Å². The Morgan fingerprint density at radius 2 is 2.06 bits per heavy atom. The Bertz CT molecular complexity index is 1500. The molecule has 1 aliphatic rings. The Kier molecular flexibility index (Phi) is 5.86. The molecule has 0 saturated carbocycles. The van der Waals surface area contributed by atoms with Gasteiger partial charge in [0.05, 0.1) is 17.5 Å². The summed E-state index contributed by atoms with van der Waals surface area (Å²) < 4.78 is 40.1. The van der Waals surface area contributed by atoms with Gasteiger partial charge in [0, 0.05) is 29.0 Å². The molecule has 176 valence electrons. The van der Waals surface area contributed by atoms with Gasteiger partial charge < -0.3 is 20.2 Å². The average molecular weight is 502 g/mol. The highest BCUT2D eigenvalue weighted by Gasteiger charge is 2.36. The minimum absolute atomic E-state index is 0.0246. The van der Waals surface area contributed by atoms with E-state index in [-0.39, 0.29) is 36.9 Å². The van der Waals surface area contributed by atoms with Crippen molar-refractivity contribution in [1.29, 1.82) is 0 Å². The lowest BCUT2D eigenvalue weighted by Crippen LogP contribution is -2.47. The third-order valence-corrected chi connectivity index (χ3v) is 7.76. The number of carbonyl (C=O) groups excluding carboxylic acids is 1. The predicted octanol–water partition coefficient (Wildman–Crippen LogP) is 2.33. The fraction of sp³-hybridized carbons (Fsp3) is 0.227. The maximum absolute atomic E-state index is 13.6. The molecule has 0 bridgehead atoms.